The highest BCUT2D eigenvalue weighted by molar-refractivity contribution is 5.71. The molecule has 1 saturated heterocycles. The molecule has 1 aliphatic heterocycles. The monoisotopic (exact) mass is 517 g/mol. The summed E-state index contributed by atoms with van der Waals surface area (Å²) < 4.78 is 6.58. The predicted molar refractivity (Wildman–Crippen MR) is 162 cm³/mol. The van der Waals surface area contributed by atoms with E-state index in [4.69, 9.17) is 4.74 Å². The van der Waals surface area contributed by atoms with E-state index >= 15 is 0 Å². The van der Waals surface area contributed by atoms with Crippen LogP contribution >= 0.6 is 0 Å². The second-order valence-corrected chi connectivity index (χ2v) is 12.8. The van der Waals surface area contributed by atoms with Crippen LogP contribution in [0.1, 0.15) is 101 Å². The molecule has 5 aliphatic rings. The van der Waals surface area contributed by atoms with Gasteiger partial charge in [0, 0.05) is 28.4 Å². The summed E-state index contributed by atoms with van der Waals surface area (Å²) in [4.78, 5) is 2.45. The molecule has 2 aromatic carbocycles. The first kappa shape index (κ1) is 25.0. The molecule has 2 heteroatoms. The fourth-order valence-corrected chi connectivity index (χ4v) is 7.96. The highest BCUT2D eigenvalue weighted by atomic mass is 16.5. The van der Waals surface area contributed by atoms with Gasteiger partial charge in [0.25, 0.3) is 0 Å². The van der Waals surface area contributed by atoms with Gasteiger partial charge < -0.3 is 9.64 Å². The van der Waals surface area contributed by atoms with E-state index in [2.05, 4.69) is 96.8 Å². The highest BCUT2D eigenvalue weighted by Crippen LogP contribution is 2.53. The lowest BCUT2D eigenvalue weighted by Crippen LogP contribution is -2.30. The van der Waals surface area contributed by atoms with Gasteiger partial charge in [-0.1, -0.05) is 87.9 Å². The molecular weight excluding hydrogens is 474 g/mol. The lowest BCUT2D eigenvalue weighted by molar-refractivity contribution is 0.183. The van der Waals surface area contributed by atoms with Gasteiger partial charge in [-0.05, 0) is 97.6 Å². The van der Waals surface area contributed by atoms with E-state index in [0.29, 0.717) is 5.92 Å². The molecule has 202 valence electrons. The second kappa shape index (κ2) is 10.5. The van der Waals surface area contributed by atoms with E-state index in [9.17, 15) is 0 Å². The largest absolute Gasteiger partial charge is 0.489 e. The molecule has 0 N–H and O–H groups in total. The van der Waals surface area contributed by atoms with Crippen LogP contribution in [0.5, 0.6) is 0 Å². The summed E-state index contributed by atoms with van der Waals surface area (Å²) in [5, 5.41) is 0. The maximum absolute atomic E-state index is 6.58. The Morgan fingerprint density at radius 1 is 0.744 bits per heavy atom. The van der Waals surface area contributed by atoms with Crippen LogP contribution in [0.2, 0.25) is 0 Å². The number of anilines is 2. The molecule has 0 spiro atoms. The van der Waals surface area contributed by atoms with E-state index in [1.807, 2.05) is 0 Å². The molecule has 2 aromatic rings. The summed E-state index contributed by atoms with van der Waals surface area (Å²) in [6, 6.07) is 19.0. The van der Waals surface area contributed by atoms with Crippen molar-refractivity contribution in [3.05, 3.63) is 108 Å². The smallest absolute Gasteiger partial charge is 0.126 e. The molecule has 3 fully saturated rings. The standard InChI is InChI=1S/C37H43NO/c1-37-25-9-8-14-36(37)39-35-26-33(23-24-34(35)37)38(31-19-15-29(16-20-31)27-10-4-2-5-11-27)32-21-17-30(18-22-32)28-12-6-3-7-13-28/h8-9,14-24,26-28,34-35H,2-7,10-13,25H2,1H3. The maximum Gasteiger partial charge on any atom is 0.126 e. The average molecular weight is 518 g/mol. The zero-order valence-electron chi connectivity index (χ0n) is 23.5. The van der Waals surface area contributed by atoms with Crippen molar-refractivity contribution in [2.75, 3.05) is 4.90 Å². The van der Waals surface area contributed by atoms with E-state index in [1.165, 1.54) is 92.4 Å². The molecule has 0 amide bonds. The molecular formula is C37H43NO. The van der Waals surface area contributed by atoms with E-state index in [-0.39, 0.29) is 11.5 Å². The third kappa shape index (κ3) is 4.71. The lowest BCUT2D eigenvalue weighted by atomic mass is 9.70. The zero-order chi connectivity index (χ0) is 26.2. The first-order chi connectivity index (χ1) is 19.2. The fourth-order valence-electron chi connectivity index (χ4n) is 7.96. The Labute approximate surface area is 235 Å². The number of benzene rings is 2. The molecule has 3 unspecified atom stereocenters. The van der Waals surface area contributed by atoms with Crippen molar-refractivity contribution >= 4 is 11.4 Å². The minimum atomic E-state index is 0.0616. The SMILES string of the molecule is CC12CC=CC=C1OC1C=C(N(c3ccc(C4CCCCC4)cc3)c3ccc(C4CCCCC4)cc3)C=CC12. The van der Waals surface area contributed by atoms with Crippen LogP contribution in [-0.4, -0.2) is 6.10 Å². The van der Waals surface area contributed by atoms with Gasteiger partial charge in [0.15, 0.2) is 0 Å². The number of ether oxygens (including phenoxy) is 1. The number of hydrogen-bond donors (Lipinski definition) is 0. The Balaban J connectivity index is 1.22. The number of nitrogens with zero attached hydrogens (tertiary/aromatic N) is 1. The molecule has 2 nitrogen and oxygen atoms in total. The molecule has 3 atom stereocenters. The van der Waals surface area contributed by atoms with Crippen molar-refractivity contribution in [1.29, 1.82) is 0 Å². The van der Waals surface area contributed by atoms with Crippen LogP contribution in [-0.2, 0) is 4.74 Å². The van der Waals surface area contributed by atoms with Gasteiger partial charge in [0.2, 0.25) is 0 Å². The van der Waals surface area contributed by atoms with Gasteiger partial charge in [-0.3, -0.25) is 0 Å². The first-order valence-corrected chi connectivity index (χ1v) is 15.6. The molecule has 4 aliphatic carbocycles. The Bertz CT molecular complexity index is 1220. The summed E-state index contributed by atoms with van der Waals surface area (Å²) in [5.74, 6) is 2.97. The van der Waals surface area contributed by atoms with Crippen LogP contribution in [0, 0.1) is 11.3 Å². The van der Waals surface area contributed by atoms with Crippen molar-refractivity contribution in [2.24, 2.45) is 11.3 Å². The third-order valence-electron chi connectivity index (χ3n) is 10.4. The zero-order valence-corrected chi connectivity index (χ0v) is 23.5. The van der Waals surface area contributed by atoms with Crippen LogP contribution in [0.3, 0.4) is 0 Å². The quantitative estimate of drug-likeness (QED) is 0.391. The summed E-state index contributed by atoms with van der Waals surface area (Å²) in [6.07, 6.45) is 28.5. The van der Waals surface area contributed by atoms with Crippen LogP contribution in [0.15, 0.2) is 96.4 Å². The van der Waals surface area contributed by atoms with Gasteiger partial charge in [0.05, 0.1) is 0 Å². The number of rotatable bonds is 5. The minimum Gasteiger partial charge on any atom is -0.489 e. The maximum atomic E-state index is 6.58. The van der Waals surface area contributed by atoms with Crippen LogP contribution < -0.4 is 4.90 Å². The van der Waals surface area contributed by atoms with Gasteiger partial charge in [0.1, 0.15) is 11.9 Å². The number of hydrogen-bond acceptors (Lipinski definition) is 2. The van der Waals surface area contributed by atoms with E-state index < -0.39 is 0 Å². The summed E-state index contributed by atoms with van der Waals surface area (Å²) in [6.45, 7) is 2.36. The van der Waals surface area contributed by atoms with Gasteiger partial charge in [-0.25, -0.2) is 0 Å². The number of allylic oxidation sites excluding steroid dienone is 5. The summed E-state index contributed by atoms with van der Waals surface area (Å²) in [7, 11) is 0. The van der Waals surface area contributed by atoms with Crippen LogP contribution in [0.25, 0.3) is 0 Å². The number of fused-ring (bicyclic) bond motifs is 3. The Kier molecular flexibility index (Phi) is 6.75. The molecule has 7 rings (SSSR count). The Morgan fingerprint density at radius 3 is 1.87 bits per heavy atom. The Hall–Kier alpha value is -3.00. The lowest BCUT2D eigenvalue weighted by Gasteiger charge is -2.33. The molecule has 2 saturated carbocycles. The van der Waals surface area contributed by atoms with Gasteiger partial charge >= 0.3 is 0 Å². The average Bonchev–Trinajstić information content (AvgIpc) is 3.30. The molecule has 0 aromatic heterocycles. The molecule has 1 heterocycles. The first-order valence-electron chi connectivity index (χ1n) is 15.6. The normalized spacial score (nSPS) is 28.7. The van der Waals surface area contributed by atoms with Crippen molar-refractivity contribution in [3.8, 4) is 0 Å². The van der Waals surface area contributed by atoms with E-state index in [1.54, 1.807) is 0 Å². The van der Waals surface area contributed by atoms with Crippen molar-refractivity contribution in [2.45, 2.75) is 95.5 Å². The Morgan fingerprint density at radius 2 is 1.31 bits per heavy atom. The summed E-state index contributed by atoms with van der Waals surface area (Å²) >= 11 is 0. The molecule has 39 heavy (non-hydrogen) atoms. The summed E-state index contributed by atoms with van der Waals surface area (Å²) in [5.41, 5.74) is 6.76. The van der Waals surface area contributed by atoms with Crippen molar-refractivity contribution in [1.82, 2.24) is 0 Å². The van der Waals surface area contributed by atoms with Gasteiger partial charge in [-0.15, -0.1) is 0 Å². The topological polar surface area (TPSA) is 12.5 Å². The predicted octanol–water partition coefficient (Wildman–Crippen LogP) is 10.2. The minimum absolute atomic E-state index is 0.0616. The highest BCUT2D eigenvalue weighted by Gasteiger charge is 2.50. The van der Waals surface area contributed by atoms with Crippen LogP contribution in [0.4, 0.5) is 11.4 Å². The fraction of sp³-hybridized carbons (Fsp3) is 0.459. The van der Waals surface area contributed by atoms with Gasteiger partial charge in [-0.2, -0.15) is 0 Å². The molecule has 0 radical (unpaired) electrons. The third-order valence-corrected chi connectivity index (χ3v) is 10.4. The molecule has 0 bridgehead atoms. The van der Waals surface area contributed by atoms with E-state index in [0.717, 1.165) is 24.0 Å². The second-order valence-electron chi connectivity index (χ2n) is 12.8. The van der Waals surface area contributed by atoms with Crippen molar-refractivity contribution < 1.29 is 4.74 Å². The van der Waals surface area contributed by atoms with Crippen molar-refractivity contribution in [3.63, 3.8) is 0 Å².